The van der Waals surface area contributed by atoms with Crippen molar-refractivity contribution in [3.63, 3.8) is 0 Å². The Morgan fingerprint density at radius 2 is 2.31 bits per heavy atom. The smallest absolute Gasteiger partial charge is 0.322 e. The van der Waals surface area contributed by atoms with Crippen LogP contribution in [0.1, 0.15) is 18.4 Å². The third-order valence-electron chi connectivity index (χ3n) is 1.55. The van der Waals surface area contributed by atoms with Gasteiger partial charge >= 0.3 is 5.97 Å². The molecule has 8 heteroatoms. The van der Waals surface area contributed by atoms with Crippen LogP contribution in [0.5, 0.6) is 0 Å². The molecule has 0 atom stereocenters. The van der Waals surface area contributed by atoms with Gasteiger partial charge in [-0.15, -0.1) is 10.2 Å². The molecule has 0 saturated carbocycles. The number of aromatic nitrogens is 2. The molecule has 1 rings (SSSR count). The van der Waals surface area contributed by atoms with Gasteiger partial charge in [-0.3, -0.25) is 4.79 Å². The van der Waals surface area contributed by atoms with Crippen LogP contribution in [-0.4, -0.2) is 32.9 Å². The van der Waals surface area contributed by atoms with Crippen molar-refractivity contribution >= 4 is 39.8 Å². The minimum Gasteiger partial charge on any atom is -0.480 e. The van der Waals surface area contributed by atoms with Gasteiger partial charge in [-0.2, -0.15) is 0 Å². The maximum absolute atomic E-state index is 10.3. The number of carboxylic acid groups (broad SMARTS) is 1. The quantitative estimate of drug-likeness (QED) is 0.677. The fourth-order valence-corrected chi connectivity index (χ4v) is 2.00. The van der Waals surface area contributed by atoms with E-state index in [1.807, 2.05) is 0 Å². The minimum absolute atomic E-state index is 0.216. The molecule has 16 heavy (non-hydrogen) atoms. The van der Waals surface area contributed by atoms with Crippen LogP contribution in [-0.2, 0) is 11.2 Å². The Kier molecular flexibility index (Phi) is 5.06. The molecule has 1 heterocycles. The Morgan fingerprint density at radius 3 is 2.94 bits per heavy atom. The van der Waals surface area contributed by atoms with Gasteiger partial charge in [0, 0.05) is 6.42 Å². The number of rotatable bonds is 5. The first-order chi connectivity index (χ1) is 7.61. The third-order valence-corrected chi connectivity index (χ3v) is 2.70. The fourth-order valence-electron chi connectivity index (χ4n) is 0.916. The van der Waals surface area contributed by atoms with Crippen molar-refractivity contribution in [3.05, 3.63) is 5.01 Å². The maximum Gasteiger partial charge on any atom is 0.322 e. The van der Waals surface area contributed by atoms with Crippen LogP contribution in [0.25, 0.3) is 0 Å². The van der Waals surface area contributed by atoms with Gasteiger partial charge < -0.3 is 15.7 Å². The zero-order chi connectivity index (χ0) is 12.0. The summed E-state index contributed by atoms with van der Waals surface area (Å²) < 4.78 is 0. The van der Waals surface area contributed by atoms with E-state index in [2.05, 4.69) is 27.8 Å². The van der Waals surface area contributed by atoms with Crippen LogP contribution in [0, 0.1) is 0 Å². The molecule has 0 aliphatic carbocycles. The third kappa shape index (κ3) is 4.49. The molecule has 0 aliphatic rings. The summed E-state index contributed by atoms with van der Waals surface area (Å²) in [5.74, 6) is -0.965. The Morgan fingerprint density at radius 1 is 1.56 bits per heavy atom. The fraction of sp³-hybridized carbons (Fsp3) is 0.500. The summed E-state index contributed by atoms with van der Waals surface area (Å²) in [6, 6.07) is 0. The van der Waals surface area contributed by atoms with E-state index in [9.17, 15) is 4.79 Å². The molecule has 0 aliphatic heterocycles. The maximum atomic E-state index is 10.3. The van der Waals surface area contributed by atoms with Gasteiger partial charge in [0.1, 0.15) is 11.6 Å². The summed E-state index contributed by atoms with van der Waals surface area (Å²) in [6.07, 6.45) is 1.89. The Bertz CT molecular complexity index is 380. The Balaban J connectivity index is 2.40. The highest BCUT2D eigenvalue weighted by Crippen LogP contribution is 2.16. The van der Waals surface area contributed by atoms with E-state index in [1.165, 1.54) is 11.3 Å². The highest BCUT2D eigenvalue weighted by atomic mass is 32.1. The van der Waals surface area contributed by atoms with Gasteiger partial charge in [-0.05, 0) is 18.6 Å². The lowest BCUT2D eigenvalue weighted by molar-refractivity contribution is -0.135. The molecule has 0 unspecified atom stereocenters. The molecule has 3 N–H and O–H groups in total. The van der Waals surface area contributed by atoms with Crippen LogP contribution in [0.3, 0.4) is 0 Å². The van der Waals surface area contributed by atoms with E-state index in [4.69, 9.17) is 17.3 Å². The number of nitrogens with one attached hydrogen (secondary N) is 2. The van der Waals surface area contributed by atoms with E-state index >= 15 is 0 Å². The summed E-state index contributed by atoms with van der Waals surface area (Å²) in [6.45, 7) is 1.85. The second-order valence-corrected chi connectivity index (χ2v) is 4.42. The predicted octanol–water partition coefficient (Wildman–Crippen LogP) is 0.862. The number of aliphatic carboxylic acids is 1. The van der Waals surface area contributed by atoms with Crippen LogP contribution in [0.4, 0.5) is 5.13 Å². The van der Waals surface area contributed by atoms with Gasteiger partial charge in [0.25, 0.3) is 0 Å². The normalized spacial score (nSPS) is 9.81. The topological polar surface area (TPSA) is 87.1 Å². The summed E-state index contributed by atoms with van der Waals surface area (Å²) >= 11 is 6.29. The molecule has 0 bridgehead atoms. The lowest BCUT2D eigenvalue weighted by atomic mass is 10.4. The molecule has 0 amide bonds. The zero-order valence-corrected chi connectivity index (χ0v) is 10.3. The van der Waals surface area contributed by atoms with Crippen molar-refractivity contribution in [3.8, 4) is 0 Å². The second kappa shape index (κ2) is 6.33. The van der Waals surface area contributed by atoms with Crippen molar-refractivity contribution in [2.45, 2.75) is 19.8 Å². The van der Waals surface area contributed by atoms with E-state index < -0.39 is 5.97 Å². The van der Waals surface area contributed by atoms with E-state index in [-0.39, 0.29) is 11.7 Å². The molecular formula is C8H12N4O2S2. The van der Waals surface area contributed by atoms with Crippen LogP contribution in [0.2, 0.25) is 0 Å². The van der Waals surface area contributed by atoms with Gasteiger partial charge in [0.05, 0.1) is 0 Å². The number of carbonyl (C=O) groups is 1. The lowest BCUT2D eigenvalue weighted by Gasteiger charge is -2.04. The number of carboxylic acids is 1. The first-order valence-corrected chi connectivity index (χ1v) is 5.93. The molecule has 0 radical (unpaired) electrons. The van der Waals surface area contributed by atoms with E-state index in [0.29, 0.717) is 5.13 Å². The summed E-state index contributed by atoms with van der Waals surface area (Å²) in [5.41, 5.74) is 0. The number of thiocarbonyl (C=S) groups is 1. The van der Waals surface area contributed by atoms with Gasteiger partial charge in [0.2, 0.25) is 5.13 Å². The van der Waals surface area contributed by atoms with Crippen molar-refractivity contribution in [2.75, 3.05) is 11.9 Å². The van der Waals surface area contributed by atoms with Crippen molar-refractivity contribution in [1.82, 2.24) is 15.5 Å². The molecular weight excluding hydrogens is 248 g/mol. The molecule has 1 aromatic heterocycles. The minimum atomic E-state index is -0.965. The average Bonchev–Trinajstić information content (AvgIpc) is 2.63. The monoisotopic (exact) mass is 260 g/mol. The molecule has 0 aromatic carbocycles. The number of hydrogen-bond acceptors (Lipinski definition) is 5. The summed E-state index contributed by atoms with van der Waals surface area (Å²) in [5, 5.41) is 23.3. The molecule has 88 valence electrons. The number of anilines is 1. The van der Waals surface area contributed by atoms with Crippen LogP contribution < -0.4 is 10.6 Å². The zero-order valence-electron chi connectivity index (χ0n) is 8.69. The molecule has 0 saturated heterocycles. The summed E-state index contributed by atoms with van der Waals surface area (Å²) in [7, 11) is 0. The Labute approximate surface area is 102 Å². The molecule has 6 nitrogen and oxygen atoms in total. The van der Waals surface area contributed by atoms with Crippen molar-refractivity contribution < 1.29 is 9.90 Å². The lowest BCUT2D eigenvalue weighted by Crippen LogP contribution is -2.32. The number of hydrogen-bond donors (Lipinski definition) is 3. The number of aryl methyl sites for hydroxylation is 1. The molecule has 0 spiro atoms. The van der Waals surface area contributed by atoms with Gasteiger partial charge in [-0.1, -0.05) is 18.3 Å². The first-order valence-electron chi connectivity index (χ1n) is 4.71. The van der Waals surface area contributed by atoms with Gasteiger partial charge in [0.15, 0.2) is 5.11 Å². The van der Waals surface area contributed by atoms with Gasteiger partial charge in [-0.25, -0.2) is 0 Å². The van der Waals surface area contributed by atoms with Crippen LogP contribution >= 0.6 is 23.6 Å². The van der Waals surface area contributed by atoms with Crippen molar-refractivity contribution in [2.24, 2.45) is 0 Å². The van der Waals surface area contributed by atoms with Crippen molar-refractivity contribution in [1.29, 1.82) is 0 Å². The average molecular weight is 260 g/mol. The van der Waals surface area contributed by atoms with E-state index in [0.717, 1.165) is 17.8 Å². The first kappa shape index (κ1) is 12.8. The predicted molar refractivity (Wildman–Crippen MR) is 65.8 cm³/mol. The highest BCUT2D eigenvalue weighted by Gasteiger charge is 2.05. The standard InChI is InChI=1S/C8H12N4O2S2/c1-2-3-5-11-12-8(16-5)10-7(15)9-4-6(13)14/h2-4H2,1H3,(H,13,14)(H2,9,10,12,15). The largest absolute Gasteiger partial charge is 0.480 e. The summed E-state index contributed by atoms with van der Waals surface area (Å²) in [4.78, 5) is 10.3. The highest BCUT2D eigenvalue weighted by molar-refractivity contribution is 7.80. The SMILES string of the molecule is CCCc1nnc(NC(=S)NCC(=O)O)s1. The van der Waals surface area contributed by atoms with Crippen LogP contribution in [0.15, 0.2) is 0 Å². The second-order valence-electron chi connectivity index (χ2n) is 2.95. The van der Waals surface area contributed by atoms with E-state index in [1.54, 1.807) is 0 Å². The molecule has 0 fully saturated rings. The number of nitrogens with zero attached hydrogens (tertiary/aromatic N) is 2. The Hall–Kier alpha value is -1.28. The molecule has 1 aromatic rings.